The van der Waals surface area contributed by atoms with Crippen molar-refractivity contribution in [2.75, 3.05) is 5.32 Å². The molecule has 2 aromatic rings. The molecule has 0 aliphatic rings. The third kappa shape index (κ3) is 3.89. The largest absolute Gasteiger partial charge is 0.322 e. The van der Waals surface area contributed by atoms with Gasteiger partial charge in [-0.3, -0.25) is 9.48 Å². The zero-order valence-corrected chi connectivity index (χ0v) is 12.5. The topological polar surface area (TPSA) is 107 Å². The molecule has 0 radical (unpaired) electrons. The van der Waals surface area contributed by atoms with E-state index in [1.807, 2.05) is 0 Å². The van der Waals surface area contributed by atoms with Crippen LogP contribution in [-0.2, 0) is 22.8 Å². The van der Waals surface area contributed by atoms with Crippen molar-refractivity contribution in [3.05, 3.63) is 47.3 Å². The molecule has 0 saturated heterocycles. The number of hydrogen-bond donors (Lipinski definition) is 2. The first-order chi connectivity index (χ1) is 9.76. The lowest BCUT2D eigenvalue weighted by atomic mass is 10.2. The predicted octanol–water partition coefficient (Wildman–Crippen LogP) is 0.769. The van der Waals surface area contributed by atoms with Crippen molar-refractivity contribution in [1.29, 1.82) is 0 Å². The minimum atomic E-state index is -3.56. The lowest BCUT2D eigenvalue weighted by molar-refractivity contribution is 0.102. The van der Waals surface area contributed by atoms with E-state index in [1.54, 1.807) is 42.9 Å². The van der Waals surface area contributed by atoms with Crippen LogP contribution in [0.1, 0.15) is 21.6 Å². The van der Waals surface area contributed by atoms with E-state index in [-0.39, 0.29) is 11.7 Å². The molecule has 3 N–H and O–H groups in total. The van der Waals surface area contributed by atoms with Crippen LogP contribution in [0.5, 0.6) is 0 Å². The highest BCUT2D eigenvalue weighted by atomic mass is 32.2. The summed E-state index contributed by atoms with van der Waals surface area (Å²) in [6.07, 6.45) is 1.50. The van der Waals surface area contributed by atoms with Crippen molar-refractivity contribution >= 4 is 21.6 Å². The fourth-order valence-electron chi connectivity index (χ4n) is 1.84. The molecule has 0 atom stereocenters. The number of primary sulfonamides is 1. The molecule has 0 aliphatic heterocycles. The Morgan fingerprint density at radius 1 is 1.33 bits per heavy atom. The fourth-order valence-corrected chi connectivity index (χ4v) is 2.49. The molecule has 0 aliphatic carbocycles. The molecule has 0 saturated carbocycles. The maximum Gasteiger partial charge on any atom is 0.259 e. The Kier molecular flexibility index (Phi) is 4.10. The number of aromatic nitrogens is 2. The molecule has 0 unspecified atom stereocenters. The molecule has 21 heavy (non-hydrogen) atoms. The third-order valence-electron chi connectivity index (χ3n) is 3.06. The van der Waals surface area contributed by atoms with Gasteiger partial charge in [0.15, 0.2) is 0 Å². The van der Waals surface area contributed by atoms with Gasteiger partial charge in [0.25, 0.3) is 5.91 Å². The Morgan fingerprint density at radius 2 is 1.95 bits per heavy atom. The number of nitrogens with two attached hydrogens (primary N) is 1. The van der Waals surface area contributed by atoms with Gasteiger partial charge < -0.3 is 5.32 Å². The quantitative estimate of drug-likeness (QED) is 0.869. The van der Waals surface area contributed by atoms with E-state index in [0.29, 0.717) is 16.8 Å². The first-order valence-electron chi connectivity index (χ1n) is 6.15. The molecule has 0 fully saturated rings. The predicted molar refractivity (Wildman–Crippen MR) is 79.2 cm³/mol. The summed E-state index contributed by atoms with van der Waals surface area (Å²) in [4.78, 5) is 12.1. The van der Waals surface area contributed by atoms with E-state index in [1.165, 1.54) is 6.20 Å². The van der Waals surface area contributed by atoms with Crippen molar-refractivity contribution in [3.63, 3.8) is 0 Å². The summed E-state index contributed by atoms with van der Waals surface area (Å²) in [5.74, 6) is -0.497. The van der Waals surface area contributed by atoms with E-state index in [9.17, 15) is 13.2 Å². The van der Waals surface area contributed by atoms with Gasteiger partial charge in [-0.2, -0.15) is 5.10 Å². The molecule has 1 heterocycles. The number of nitrogens with zero attached hydrogens (tertiary/aromatic N) is 2. The molecule has 112 valence electrons. The van der Waals surface area contributed by atoms with Crippen LogP contribution in [0.3, 0.4) is 0 Å². The van der Waals surface area contributed by atoms with Crippen molar-refractivity contribution in [3.8, 4) is 0 Å². The average Bonchev–Trinajstić information content (AvgIpc) is 2.71. The van der Waals surface area contributed by atoms with Gasteiger partial charge in [0.05, 0.1) is 17.5 Å². The monoisotopic (exact) mass is 308 g/mol. The first-order valence-corrected chi connectivity index (χ1v) is 7.87. The second-order valence-electron chi connectivity index (χ2n) is 4.73. The van der Waals surface area contributed by atoms with E-state index in [2.05, 4.69) is 10.4 Å². The minimum absolute atomic E-state index is 0.233. The van der Waals surface area contributed by atoms with Gasteiger partial charge in [0.1, 0.15) is 0 Å². The summed E-state index contributed by atoms with van der Waals surface area (Å²) in [6.45, 7) is 1.80. The van der Waals surface area contributed by atoms with Crippen molar-refractivity contribution < 1.29 is 13.2 Å². The summed E-state index contributed by atoms with van der Waals surface area (Å²) in [5, 5.41) is 11.7. The standard InChI is InChI=1S/C13H16N4O3S/c1-9-12(7-15-17(9)2)13(18)16-11-5-3-10(4-6-11)8-21(14,19)20/h3-7H,8H2,1-2H3,(H,16,18)(H2,14,19,20). The molecule has 2 rings (SSSR count). The Morgan fingerprint density at radius 3 is 2.43 bits per heavy atom. The molecule has 0 spiro atoms. The lowest BCUT2D eigenvalue weighted by Crippen LogP contribution is -2.15. The number of carbonyl (C=O) groups is 1. The van der Waals surface area contributed by atoms with Gasteiger partial charge in [0.2, 0.25) is 10.0 Å². The van der Waals surface area contributed by atoms with Gasteiger partial charge in [0, 0.05) is 18.4 Å². The number of benzene rings is 1. The van der Waals surface area contributed by atoms with Gasteiger partial charge in [-0.05, 0) is 24.6 Å². The van der Waals surface area contributed by atoms with E-state index in [0.717, 1.165) is 5.69 Å². The summed E-state index contributed by atoms with van der Waals surface area (Å²) < 4.78 is 23.6. The van der Waals surface area contributed by atoms with Crippen LogP contribution in [0.25, 0.3) is 0 Å². The molecular weight excluding hydrogens is 292 g/mol. The summed E-state index contributed by atoms with van der Waals surface area (Å²) >= 11 is 0. The maximum absolute atomic E-state index is 12.1. The molecule has 1 aromatic carbocycles. The van der Waals surface area contributed by atoms with Crippen LogP contribution >= 0.6 is 0 Å². The molecule has 1 aromatic heterocycles. The number of anilines is 1. The normalized spacial score (nSPS) is 11.4. The number of carbonyl (C=O) groups excluding carboxylic acids is 1. The maximum atomic E-state index is 12.1. The SMILES string of the molecule is Cc1c(C(=O)Nc2ccc(CS(N)(=O)=O)cc2)cnn1C. The van der Waals surface area contributed by atoms with Crippen LogP contribution in [0.2, 0.25) is 0 Å². The van der Waals surface area contributed by atoms with Crippen LogP contribution in [0, 0.1) is 6.92 Å². The van der Waals surface area contributed by atoms with Crippen molar-refractivity contribution in [2.24, 2.45) is 12.2 Å². The minimum Gasteiger partial charge on any atom is -0.322 e. The van der Waals surface area contributed by atoms with Crippen LogP contribution in [0.15, 0.2) is 30.5 Å². The number of amides is 1. The Hall–Kier alpha value is -2.19. The van der Waals surface area contributed by atoms with Crippen molar-refractivity contribution in [2.45, 2.75) is 12.7 Å². The third-order valence-corrected chi connectivity index (χ3v) is 3.80. The molecule has 7 nitrogen and oxygen atoms in total. The van der Waals surface area contributed by atoms with Crippen LogP contribution < -0.4 is 10.5 Å². The first kappa shape index (κ1) is 15.2. The second-order valence-corrected chi connectivity index (χ2v) is 6.34. The van der Waals surface area contributed by atoms with Gasteiger partial charge in [-0.15, -0.1) is 0 Å². The number of rotatable bonds is 4. The van der Waals surface area contributed by atoms with Crippen LogP contribution in [0.4, 0.5) is 5.69 Å². The molecular formula is C13H16N4O3S. The number of aryl methyl sites for hydroxylation is 1. The number of nitrogens with one attached hydrogen (secondary N) is 1. The highest BCUT2D eigenvalue weighted by Crippen LogP contribution is 2.14. The average molecular weight is 308 g/mol. The zero-order valence-electron chi connectivity index (χ0n) is 11.7. The Balaban J connectivity index is 2.10. The summed E-state index contributed by atoms with van der Waals surface area (Å²) in [5.41, 5.74) is 2.39. The lowest BCUT2D eigenvalue weighted by Gasteiger charge is -2.06. The van der Waals surface area contributed by atoms with Crippen LogP contribution in [-0.4, -0.2) is 24.1 Å². The summed E-state index contributed by atoms with van der Waals surface area (Å²) in [7, 11) is -1.80. The highest BCUT2D eigenvalue weighted by molar-refractivity contribution is 7.88. The molecule has 0 bridgehead atoms. The van der Waals surface area contributed by atoms with Crippen molar-refractivity contribution in [1.82, 2.24) is 9.78 Å². The van der Waals surface area contributed by atoms with Gasteiger partial charge in [-0.25, -0.2) is 13.6 Å². The van der Waals surface area contributed by atoms with Gasteiger partial charge in [-0.1, -0.05) is 12.1 Å². The number of hydrogen-bond acceptors (Lipinski definition) is 4. The smallest absolute Gasteiger partial charge is 0.259 e. The fraction of sp³-hybridized carbons (Fsp3) is 0.231. The van der Waals surface area contributed by atoms with Gasteiger partial charge >= 0.3 is 0 Å². The van der Waals surface area contributed by atoms with E-state index < -0.39 is 10.0 Å². The molecule has 8 heteroatoms. The highest BCUT2D eigenvalue weighted by Gasteiger charge is 2.13. The zero-order chi connectivity index (χ0) is 15.6. The van der Waals surface area contributed by atoms with E-state index in [4.69, 9.17) is 5.14 Å². The Bertz CT molecular complexity index is 763. The van der Waals surface area contributed by atoms with E-state index >= 15 is 0 Å². The summed E-state index contributed by atoms with van der Waals surface area (Å²) in [6, 6.07) is 6.47. The second kappa shape index (κ2) is 5.66. The number of sulfonamides is 1. The molecule has 1 amide bonds. The Labute approximate surface area is 122 Å².